The molecule has 2 unspecified atom stereocenters. The topological polar surface area (TPSA) is 127 Å². The van der Waals surface area contributed by atoms with Crippen LogP contribution in [0.2, 0.25) is 5.02 Å². The molecule has 4 N–H and O–H groups in total. The number of carbonyl (C=O) groups excluding carboxylic acids is 2. The number of aliphatic hydroxyl groups is 2. The monoisotopic (exact) mass is 591 g/mol. The van der Waals surface area contributed by atoms with Gasteiger partial charge in [-0.05, 0) is 61.4 Å². The average Bonchev–Trinajstić information content (AvgIpc) is 2.88. The molecule has 0 saturated carbocycles. The summed E-state index contributed by atoms with van der Waals surface area (Å²) in [5.74, 6) is -1.34. The van der Waals surface area contributed by atoms with Gasteiger partial charge in [0.05, 0.1) is 34.6 Å². The van der Waals surface area contributed by atoms with Crippen molar-refractivity contribution in [2.24, 2.45) is 5.10 Å². The van der Waals surface area contributed by atoms with E-state index in [2.05, 4.69) is 20.8 Å². The Balaban J connectivity index is 1.71. The van der Waals surface area contributed by atoms with Crippen LogP contribution in [-0.4, -0.2) is 63.4 Å². The van der Waals surface area contributed by atoms with E-state index in [1.54, 1.807) is 32.0 Å². The molecule has 2 amide bonds. The number of carbonyl (C=O) groups is 2. The highest BCUT2D eigenvalue weighted by molar-refractivity contribution is 6.31. The van der Waals surface area contributed by atoms with Crippen LogP contribution in [0.4, 0.5) is 19.0 Å². The maximum absolute atomic E-state index is 13.1. The van der Waals surface area contributed by atoms with Crippen LogP contribution in [0.1, 0.15) is 51.3 Å². The van der Waals surface area contributed by atoms with Crippen molar-refractivity contribution in [2.75, 3.05) is 18.4 Å². The molecule has 13 heteroatoms. The minimum absolute atomic E-state index is 0.0266. The average molecular weight is 592 g/mol. The predicted molar refractivity (Wildman–Crippen MR) is 149 cm³/mol. The van der Waals surface area contributed by atoms with Crippen molar-refractivity contribution in [3.63, 3.8) is 0 Å². The fraction of sp³-hybridized carbons (Fsp3) is 0.286. The number of hydrazone groups is 1. The lowest BCUT2D eigenvalue weighted by Crippen LogP contribution is -2.35. The molecule has 0 bridgehead atoms. The van der Waals surface area contributed by atoms with Gasteiger partial charge >= 0.3 is 6.18 Å². The number of pyridine rings is 1. The maximum atomic E-state index is 13.1. The maximum Gasteiger partial charge on any atom is 0.417 e. The zero-order valence-electron chi connectivity index (χ0n) is 22.2. The Morgan fingerprint density at radius 2 is 1.76 bits per heavy atom. The minimum atomic E-state index is -4.65. The SMILES string of the molecule is CC(O)CN(Cc1cccc(C(=O)Nc2ncccc2C(=O)N/N=C/c2ccc(Cl)c(C(F)(F)F)c2)c1)CC(C)O. The van der Waals surface area contributed by atoms with Gasteiger partial charge < -0.3 is 15.5 Å². The first-order chi connectivity index (χ1) is 19.3. The number of aromatic nitrogens is 1. The lowest BCUT2D eigenvalue weighted by atomic mass is 10.1. The summed E-state index contributed by atoms with van der Waals surface area (Å²) in [6, 6.07) is 12.8. The molecule has 0 aliphatic heterocycles. The summed E-state index contributed by atoms with van der Waals surface area (Å²) in [5.41, 5.74) is 2.27. The molecular formula is C28H29ClF3N5O4. The molecule has 3 aromatic rings. The van der Waals surface area contributed by atoms with Gasteiger partial charge in [0.25, 0.3) is 11.8 Å². The van der Waals surface area contributed by atoms with Crippen molar-refractivity contribution in [3.05, 3.63) is 93.6 Å². The number of rotatable bonds is 11. The van der Waals surface area contributed by atoms with Gasteiger partial charge in [-0.3, -0.25) is 14.5 Å². The molecule has 0 aliphatic carbocycles. The Morgan fingerprint density at radius 3 is 2.41 bits per heavy atom. The van der Waals surface area contributed by atoms with E-state index in [0.29, 0.717) is 19.6 Å². The standard InChI is InChI=1S/C28H29ClF3N5O4/c1-17(38)14-37(15-18(2)39)16-20-5-3-6-21(11-20)26(40)35-25-22(7-4-10-33-25)27(41)36-34-13-19-8-9-24(29)23(12-19)28(30,31)32/h3-13,17-18,38-39H,14-16H2,1-2H3,(H,36,41)(H,33,35,40)/b34-13+. The van der Waals surface area contributed by atoms with Crippen molar-refractivity contribution in [1.29, 1.82) is 0 Å². The summed E-state index contributed by atoms with van der Waals surface area (Å²) >= 11 is 5.62. The number of alkyl halides is 3. The third-order valence-corrected chi connectivity index (χ3v) is 5.93. The first kappa shape index (κ1) is 31.7. The molecule has 3 rings (SSSR count). The van der Waals surface area contributed by atoms with E-state index >= 15 is 0 Å². The predicted octanol–water partition coefficient (Wildman–Crippen LogP) is 4.33. The molecule has 1 heterocycles. The van der Waals surface area contributed by atoms with Crippen LogP contribution in [0.3, 0.4) is 0 Å². The highest BCUT2D eigenvalue weighted by Crippen LogP contribution is 2.34. The van der Waals surface area contributed by atoms with Gasteiger partial charge in [-0.2, -0.15) is 18.3 Å². The van der Waals surface area contributed by atoms with Gasteiger partial charge in [0, 0.05) is 31.4 Å². The van der Waals surface area contributed by atoms with E-state index in [1.165, 1.54) is 24.4 Å². The third-order valence-electron chi connectivity index (χ3n) is 5.60. The van der Waals surface area contributed by atoms with Crippen molar-refractivity contribution >= 4 is 35.4 Å². The molecule has 0 radical (unpaired) electrons. The molecule has 2 aromatic carbocycles. The smallest absolute Gasteiger partial charge is 0.392 e. The van der Waals surface area contributed by atoms with Crippen molar-refractivity contribution < 1.29 is 33.0 Å². The molecule has 0 fully saturated rings. The number of aliphatic hydroxyl groups excluding tert-OH is 2. The first-order valence-electron chi connectivity index (χ1n) is 12.5. The second-order valence-electron chi connectivity index (χ2n) is 9.38. The number of nitrogens with zero attached hydrogens (tertiary/aromatic N) is 3. The third kappa shape index (κ3) is 9.64. The van der Waals surface area contributed by atoms with Crippen LogP contribution in [0.25, 0.3) is 0 Å². The van der Waals surface area contributed by atoms with Crippen LogP contribution in [0.5, 0.6) is 0 Å². The molecule has 0 aliphatic rings. The van der Waals surface area contributed by atoms with E-state index in [9.17, 15) is 33.0 Å². The van der Waals surface area contributed by atoms with E-state index < -0.39 is 40.8 Å². The summed E-state index contributed by atoms with van der Waals surface area (Å²) in [6.45, 7) is 4.33. The van der Waals surface area contributed by atoms with Gasteiger partial charge in [0.2, 0.25) is 0 Å². The van der Waals surface area contributed by atoms with Crippen LogP contribution >= 0.6 is 11.6 Å². The summed E-state index contributed by atoms with van der Waals surface area (Å²) in [4.78, 5) is 31.7. The molecule has 9 nitrogen and oxygen atoms in total. The quantitative estimate of drug-likeness (QED) is 0.194. The lowest BCUT2D eigenvalue weighted by molar-refractivity contribution is -0.137. The molecule has 1 aromatic heterocycles. The number of halogens is 4. The number of hydrogen-bond acceptors (Lipinski definition) is 7. The van der Waals surface area contributed by atoms with E-state index in [4.69, 9.17) is 11.6 Å². The Morgan fingerprint density at radius 1 is 1.05 bits per heavy atom. The zero-order chi connectivity index (χ0) is 30.2. The highest BCUT2D eigenvalue weighted by atomic mass is 35.5. The fourth-order valence-corrected chi connectivity index (χ4v) is 4.18. The van der Waals surface area contributed by atoms with Gasteiger partial charge in [0.15, 0.2) is 0 Å². The summed E-state index contributed by atoms with van der Waals surface area (Å²) in [7, 11) is 0. The van der Waals surface area contributed by atoms with Crippen LogP contribution in [0, 0.1) is 0 Å². The minimum Gasteiger partial charge on any atom is -0.392 e. The summed E-state index contributed by atoms with van der Waals surface area (Å²) in [5, 5.41) is 25.4. The highest BCUT2D eigenvalue weighted by Gasteiger charge is 2.33. The van der Waals surface area contributed by atoms with E-state index in [0.717, 1.165) is 23.9 Å². The molecule has 0 saturated heterocycles. The molecule has 0 spiro atoms. The number of hydrogen-bond donors (Lipinski definition) is 4. The Hall–Kier alpha value is -3.84. The second-order valence-corrected chi connectivity index (χ2v) is 9.79. The normalized spacial score (nSPS) is 13.3. The van der Waals surface area contributed by atoms with Crippen molar-refractivity contribution in [1.82, 2.24) is 15.3 Å². The van der Waals surface area contributed by atoms with Crippen LogP contribution in [0.15, 0.2) is 65.9 Å². The molecule has 41 heavy (non-hydrogen) atoms. The Labute approximate surface area is 239 Å². The van der Waals surface area contributed by atoms with Crippen molar-refractivity contribution in [2.45, 2.75) is 38.8 Å². The summed E-state index contributed by atoms with van der Waals surface area (Å²) < 4.78 is 39.2. The van der Waals surface area contributed by atoms with Crippen LogP contribution in [-0.2, 0) is 12.7 Å². The van der Waals surface area contributed by atoms with E-state index in [-0.39, 0.29) is 22.5 Å². The Kier molecular flexibility index (Phi) is 11.0. The molecular weight excluding hydrogens is 563 g/mol. The summed E-state index contributed by atoms with van der Waals surface area (Å²) in [6.07, 6.45) is -3.46. The fourth-order valence-electron chi connectivity index (χ4n) is 3.95. The van der Waals surface area contributed by atoms with Gasteiger partial charge in [-0.25, -0.2) is 10.4 Å². The lowest BCUT2D eigenvalue weighted by Gasteiger charge is -2.25. The van der Waals surface area contributed by atoms with Gasteiger partial charge in [-0.1, -0.05) is 29.8 Å². The van der Waals surface area contributed by atoms with Gasteiger partial charge in [0.1, 0.15) is 5.82 Å². The molecule has 218 valence electrons. The largest absolute Gasteiger partial charge is 0.417 e. The van der Waals surface area contributed by atoms with Crippen molar-refractivity contribution in [3.8, 4) is 0 Å². The number of anilines is 1. The number of benzene rings is 2. The van der Waals surface area contributed by atoms with E-state index in [1.807, 2.05) is 11.0 Å². The van der Waals surface area contributed by atoms with Gasteiger partial charge in [-0.15, -0.1) is 0 Å². The molecule has 2 atom stereocenters. The van der Waals surface area contributed by atoms with Crippen LogP contribution < -0.4 is 10.7 Å². The number of nitrogens with one attached hydrogen (secondary N) is 2. The number of amides is 2. The second kappa shape index (κ2) is 14.2. The zero-order valence-corrected chi connectivity index (χ0v) is 22.9. The Bertz CT molecular complexity index is 1390. The first-order valence-corrected chi connectivity index (χ1v) is 12.8.